The van der Waals surface area contributed by atoms with E-state index in [1.54, 1.807) is 24.3 Å². The van der Waals surface area contributed by atoms with E-state index < -0.39 is 5.91 Å². The molecule has 0 bridgehead atoms. The molecule has 0 aromatic heterocycles. The Labute approximate surface area is 86.5 Å². The monoisotopic (exact) mass is 199 g/mol. The van der Waals surface area contributed by atoms with Gasteiger partial charge in [-0.3, -0.25) is 9.59 Å². The van der Waals surface area contributed by atoms with Gasteiger partial charge in [-0.25, -0.2) is 0 Å². The average Bonchev–Trinajstić information content (AvgIpc) is 2.27. The number of primary amides is 1. The molecule has 0 spiro atoms. The summed E-state index contributed by atoms with van der Waals surface area (Å²) in [6.45, 7) is 0. The van der Waals surface area contributed by atoms with Gasteiger partial charge in [0, 0.05) is 11.1 Å². The number of hydrogen-bond acceptors (Lipinski definition) is 2. The summed E-state index contributed by atoms with van der Waals surface area (Å²) < 4.78 is 0. The molecule has 1 amide bonds. The summed E-state index contributed by atoms with van der Waals surface area (Å²) in [5.74, 6) is -0.483. The summed E-state index contributed by atoms with van der Waals surface area (Å²) in [5, 5.41) is 1.47. The molecule has 3 nitrogen and oxygen atoms in total. The summed E-state index contributed by atoms with van der Waals surface area (Å²) in [6.07, 6.45) is 0.771. The van der Waals surface area contributed by atoms with E-state index in [1.807, 2.05) is 12.1 Å². The Kier molecular flexibility index (Phi) is 2.21. The Bertz CT molecular complexity index is 546. The van der Waals surface area contributed by atoms with Crippen LogP contribution in [0.1, 0.15) is 20.7 Å². The number of carbonyl (C=O) groups excluding carboxylic acids is 2. The highest BCUT2D eigenvalue weighted by Gasteiger charge is 2.08. The van der Waals surface area contributed by atoms with Crippen LogP contribution in [0, 0.1) is 0 Å². The highest BCUT2D eigenvalue weighted by molar-refractivity contribution is 6.10. The van der Waals surface area contributed by atoms with Crippen LogP contribution in [0.2, 0.25) is 0 Å². The number of aldehydes is 1. The fourth-order valence-electron chi connectivity index (χ4n) is 1.64. The molecule has 74 valence electrons. The first-order valence-electron chi connectivity index (χ1n) is 4.51. The lowest BCUT2D eigenvalue weighted by Crippen LogP contribution is -2.11. The maximum atomic E-state index is 11.1. The topological polar surface area (TPSA) is 60.2 Å². The maximum Gasteiger partial charge on any atom is 0.249 e. The van der Waals surface area contributed by atoms with Crippen molar-refractivity contribution in [3.63, 3.8) is 0 Å². The van der Waals surface area contributed by atoms with E-state index in [1.165, 1.54) is 0 Å². The van der Waals surface area contributed by atoms with E-state index in [-0.39, 0.29) is 0 Å². The SMILES string of the molecule is NC(=O)c1ccc(C=O)c2ccccc12. The number of nitrogens with two attached hydrogens (primary N) is 1. The van der Waals surface area contributed by atoms with Crippen LogP contribution in [0.15, 0.2) is 36.4 Å². The zero-order chi connectivity index (χ0) is 10.8. The normalized spacial score (nSPS) is 10.1. The Balaban J connectivity index is 2.89. The molecule has 2 aromatic rings. The predicted molar refractivity (Wildman–Crippen MR) is 57.9 cm³/mol. The van der Waals surface area contributed by atoms with Gasteiger partial charge in [0.05, 0.1) is 0 Å². The number of rotatable bonds is 2. The van der Waals surface area contributed by atoms with Crippen molar-refractivity contribution in [1.82, 2.24) is 0 Å². The minimum atomic E-state index is -0.483. The molecule has 0 aliphatic rings. The Morgan fingerprint density at radius 3 is 2.33 bits per heavy atom. The number of hydrogen-bond donors (Lipinski definition) is 1. The second kappa shape index (κ2) is 3.53. The van der Waals surface area contributed by atoms with Crippen molar-refractivity contribution in [3.8, 4) is 0 Å². The van der Waals surface area contributed by atoms with Gasteiger partial charge < -0.3 is 5.73 Å². The molecular weight excluding hydrogens is 190 g/mol. The Hall–Kier alpha value is -2.16. The zero-order valence-electron chi connectivity index (χ0n) is 7.94. The summed E-state index contributed by atoms with van der Waals surface area (Å²) in [7, 11) is 0. The average molecular weight is 199 g/mol. The minimum Gasteiger partial charge on any atom is -0.366 e. The van der Waals surface area contributed by atoms with Crippen molar-refractivity contribution in [2.75, 3.05) is 0 Å². The van der Waals surface area contributed by atoms with Crippen LogP contribution in [0.3, 0.4) is 0 Å². The largest absolute Gasteiger partial charge is 0.366 e. The molecule has 0 radical (unpaired) electrons. The molecule has 15 heavy (non-hydrogen) atoms. The number of fused-ring (bicyclic) bond motifs is 1. The molecule has 0 aliphatic carbocycles. The smallest absolute Gasteiger partial charge is 0.249 e. The van der Waals surface area contributed by atoms with E-state index in [0.717, 1.165) is 17.1 Å². The summed E-state index contributed by atoms with van der Waals surface area (Å²) >= 11 is 0. The molecule has 0 aliphatic heterocycles. The van der Waals surface area contributed by atoms with E-state index in [0.29, 0.717) is 11.1 Å². The molecule has 3 heteroatoms. The third-order valence-corrected chi connectivity index (χ3v) is 2.35. The quantitative estimate of drug-likeness (QED) is 0.749. The first kappa shape index (κ1) is 9.40. The second-order valence-corrected chi connectivity index (χ2v) is 3.23. The fraction of sp³-hybridized carbons (Fsp3) is 0. The molecule has 0 saturated carbocycles. The van der Waals surface area contributed by atoms with Crippen LogP contribution in [0.25, 0.3) is 10.8 Å². The van der Waals surface area contributed by atoms with E-state index in [2.05, 4.69) is 0 Å². The van der Waals surface area contributed by atoms with Gasteiger partial charge in [-0.2, -0.15) is 0 Å². The van der Waals surface area contributed by atoms with Gasteiger partial charge in [0.2, 0.25) is 5.91 Å². The molecule has 0 atom stereocenters. The highest BCUT2D eigenvalue weighted by atomic mass is 16.1. The van der Waals surface area contributed by atoms with Crippen LogP contribution in [-0.4, -0.2) is 12.2 Å². The molecule has 0 heterocycles. The lowest BCUT2D eigenvalue weighted by Gasteiger charge is -2.04. The lowest BCUT2D eigenvalue weighted by molar-refractivity contribution is 0.100. The molecule has 0 unspecified atom stereocenters. The lowest BCUT2D eigenvalue weighted by atomic mass is 10.00. The van der Waals surface area contributed by atoms with Crippen molar-refractivity contribution in [2.45, 2.75) is 0 Å². The Morgan fingerprint density at radius 2 is 1.73 bits per heavy atom. The van der Waals surface area contributed by atoms with Gasteiger partial charge in [-0.15, -0.1) is 0 Å². The Morgan fingerprint density at radius 1 is 1.07 bits per heavy atom. The predicted octanol–water partition coefficient (Wildman–Crippen LogP) is 1.75. The van der Waals surface area contributed by atoms with Crippen molar-refractivity contribution >= 4 is 23.0 Å². The van der Waals surface area contributed by atoms with Crippen LogP contribution in [0.5, 0.6) is 0 Å². The second-order valence-electron chi connectivity index (χ2n) is 3.23. The molecule has 2 aromatic carbocycles. The number of benzene rings is 2. The van der Waals surface area contributed by atoms with E-state index >= 15 is 0 Å². The minimum absolute atomic E-state index is 0.441. The van der Waals surface area contributed by atoms with E-state index in [9.17, 15) is 9.59 Å². The van der Waals surface area contributed by atoms with Crippen molar-refractivity contribution in [2.24, 2.45) is 5.73 Å². The van der Waals surface area contributed by atoms with Crippen molar-refractivity contribution in [1.29, 1.82) is 0 Å². The molecule has 2 rings (SSSR count). The third kappa shape index (κ3) is 1.48. The van der Waals surface area contributed by atoms with E-state index in [4.69, 9.17) is 5.73 Å². The third-order valence-electron chi connectivity index (χ3n) is 2.35. The number of carbonyl (C=O) groups is 2. The fourth-order valence-corrected chi connectivity index (χ4v) is 1.64. The van der Waals surface area contributed by atoms with Gasteiger partial charge in [0.1, 0.15) is 0 Å². The highest BCUT2D eigenvalue weighted by Crippen LogP contribution is 2.21. The molecule has 0 fully saturated rings. The molecular formula is C12H9NO2. The summed E-state index contributed by atoms with van der Waals surface area (Å²) in [4.78, 5) is 21.9. The van der Waals surface area contributed by atoms with Gasteiger partial charge in [-0.05, 0) is 16.8 Å². The first-order valence-corrected chi connectivity index (χ1v) is 4.51. The van der Waals surface area contributed by atoms with Gasteiger partial charge in [0.25, 0.3) is 0 Å². The summed E-state index contributed by atoms with van der Waals surface area (Å²) in [5.41, 5.74) is 6.25. The first-order chi connectivity index (χ1) is 7.24. The zero-order valence-corrected chi connectivity index (χ0v) is 7.94. The van der Waals surface area contributed by atoms with Crippen LogP contribution in [-0.2, 0) is 0 Å². The maximum absolute atomic E-state index is 11.1. The van der Waals surface area contributed by atoms with Crippen LogP contribution in [0.4, 0.5) is 0 Å². The standard InChI is InChI=1S/C12H9NO2/c13-12(15)11-6-5-8(7-14)9-3-1-2-4-10(9)11/h1-7H,(H2,13,15). The van der Waals surface area contributed by atoms with Gasteiger partial charge in [-0.1, -0.05) is 30.3 Å². The van der Waals surface area contributed by atoms with Gasteiger partial charge in [0.15, 0.2) is 6.29 Å². The van der Waals surface area contributed by atoms with Crippen molar-refractivity contribution in [3.05, 3.63) is 47.5 Å². The van der Waals surface area contributed by atoms with Gasteiger partial charge >= 0.3 is 0 Å². The number of amides is 1. The molecule has 2 N–H and O–H groups in total. The molecule has 0 saturated heterocycles. The van der Waals surface area contributed by atoms with Crippen molar-refractivity contribution < 1.29 is 9.59 Å². The summed E-state index contributed by atoms with van der Waals surface area (Å²) in [6, 6.07) is 10.4. The van der Waals surface area contributed by atoms with Crippen LogP contribution >= 0.6 is 0 Å². The van der Waals surface area contributed by atoms with Crippen LogP contribution < -0.4 is 5.73 Å².